The molecule has 140 valence electrons. The average molecular weight is 372 g/mol. The molecular weight excluding hydrogens is 354 g/mol. The summed E-state index contributed by atoms with van der Waals surface area (Å²) in [5, 5.41) is 2.72. The number of hydrogen-bond donors (Lipinski definition) is 1. The predicted molar refractivity (Wildman–Crippen MR) is 93.5 cm³/mol. The zero-order valence-corrected chi connectivity index (χ0v) is 14.7. The van der Waals surface area contributed by atoms with E-state index in [1.165, 1.54) is 11.0 Å². The van der Waals surface area contributed by atoms with E-state index >= 15 is 0 Å². The number of carbonyl (C=O) groups excluding carboxylic acids is 3. The molecule has 3 amide bonds. The van der Waals surface area contributed by atoms with E-state index in [0.29, 0.717) is 11.1 Å². The van der Waals surface area contributed by atoms with E-state index < -0.39 is 17.7 Å². The molecule has 0 spiro atoms. The first-order chi connectivity index (χ1) is 12.8. The van der Waals surface area contributed by atoms with E-state index in [0.717, 1.165) is 17.7 Å². The number of benzene rings is 2. The fraction of sp³-hybridized carbons (Fsp3) is 0.250. The lowest BCUT2D eigenvalue weighted by atomic mass is 10.1. The third-order valence-electron chi connectivity index (χ3n) is 4.50. The van der Waals surface area contributed by atoms with Gasteiger partial charge in [0.05, 0.1) is 12.6 Å². The van der Waals surface area contributed by atoms with Gasteiger partial charge in [-0.3, -0.25) is 19.3 Å². The maximum absolute atomic E-state index is 13.3. The number of rotatable bonds is 5. The molecule has 5 nitrogen and oxygen atoms in total. The summed E-state index contributed by atoms with van der Waals surface area (Å²) < 4.78 is 26.3. The quantitative estimate of drug-likeness (QED) is 0.820. The van der Waals surface area contributed by atoms with Gasteiger partial charge in [0.1, 0.15) is 0 Å². The fourth-order valence-electron chi connectivity index (χ4n) is 2.89. The molecule has 0 bridgehead atoms. The molecule has 1 heterocycles. The highest BCUT2D eigenvalue weighted by Gasteiger charge is 2.28. The summed E-state index contributed by atoms with van der Waals surface area (Å²) in [5.41, 5.74) is 1.57. The number of halogens is 2. The molecule has 7 heteroatoms. The number of carbonyl (C=O) groups is 3. The second-order valence-corrected chi connectivity index (χ2v) is 6.44. The number of nitrogens with zero attached hydrogens (tertiary/aromatic N) is 1. The minimum atomic E-state index is -0.969. The molecule has 3 rings (SSSR count). The van der Waals surface area contributed by atoms with Crippen molar-refractivity contribution in [3.63, 3.8) is 0 Å². The van der Waals surface area contributed by atoms with Gasteiger partial charge in [-0.25, -0.2) is 8.78 Å². The van der Waals surface area contributed by atoms with Gasteiger partial charge in [0, 0.05) is 18.4 Å². The normalized spacial score (nSPS) is 15.1. The molecular formula is C20H18F2N2O3. The molecule has 2 aromatic carbocycles. The second kappa shape index (κ2) is 7.65. The minimum absolute atomic E-state index is 0.185. The van der Waals surface area contributed by atoms with Crippen LogP contribution in [0.3, 0.4) is 0 Å². The molecule has 1 aliphatic heterocycles. The Bertz CT molecular complexity index is 881. The van der Waals surface area contributed by atoms with Crippen LogP contribution in [0.5, 0.6) is 0 Å². The topological polar surface area (TPSA) is 66.5 Å². The van der Waals surface area contributed by atoms with Crippen LogP contribution in [-0.4, -0.2) is 22.6 Å². The van der Waals surface area contributed by atoms with Crippen molar-refractivity contribution in [2.75, 3.05) is 0 Å². The Morgan fingerprint density at radius 1 is 1.04 bits per heavy atom. The van der Waals surface area contributed by atoms with E-state index in [2.05, 4.69) is 5.32 Å². The minimum Gasteiger partial charge on any atom is -0.346 e. The van der Waals surface area contributed by atoms with E-state index in [9.17, 15) is 23.2 Å². The average Bonchev–Trinajstić information content (AvgIpc) is 2.96. The summed E-state index contributed by atoms with van der Waals surface area (Å²) in [6.45, 7) is 1.86. The van der Waals surface area contributed by atoms with Crippen LogP contribution in [0.1, 0.15) is 47.3 Å². The maximum atomic E-state index is 13.3. The highest BCUT2D eigenvalue weighted by atomic mass is 19.2. The first kappa shape index (κ1) is 18.7. The molecule has 27 heavy (non-hydrogen) atoms. The van der Waals surface area contributed by atoms with E-state index in [1.54, 1.807) is 31.2 Å². The number of amides is 3. The lowest BCUT2D eigenvalue weighted by Crippen LogP contribution is -2.28. The van der Waals surface area contributed by atoms with E-state index in [1.807, 2.05) is 0 Å². The molecule has 1 unspecified atom stereocenters. The summed E-state index contributed by atoms with van der Waals surface area (Å²) in [4.78, 5) is 36.9. The Hall–Kier alpha value is -3.09. The summed E-state index contributed by atoms with van der Waals surface area (Å²) in [6, 6.07) is 9.51. The monoisotopic (exact) mass is 372 g/mol. The highest BCUT2D eigenvalue weighted by molar-refractivity contribution is 6.01. The van der Waals surface area contributed by atoms with Crippen LogP contribution in [-0.2, 0) is 16.1 Å². The van der Waals surface area contributed by atoms with E-state index in [-0.39, 0.29) is 37.1 Å². The molecule has 1 aliphatic rings. The SMILES string of the molecule is CC(NC(=O)c1ccc(CN2C(=O)CCC2=O)cc1)c1ccc(F)c(F)c1. The van der Waals surface area contributed by atoms with Crippen LogP contribution >= 0.6 is 0 Å². The molecule has 0 saturated carbocycles. The zero-order chi connectivity index (χ0) is 19.6. The fourth-order valence-corrected chi connectivity index (χ4v) is 2.89. The molecule has 1 fully saturated rings. The van der Waals surface area contributed by atoms with Crippen LogP contribution in [0.25, 0.3) is 0 Å². The highest BCUT2D eigenvalue weighted by Crippen LogP contribution is 2.18. The first-order valence-electron chi connectivity index (χ1n) is 8.53. The van der Waals surface area contributed by atoms with Crippen molar-refractivity contribution in [1.82, 2.24) is 10.2 Å². The van der Waals surface area contributed by atoms with Crippen LogP contribution in [0.2, 0.25) is 0 Å². The molecule has 0 aliphatic carbocycles. The summed E-state index contributed by atoms with van der Waals surface area (Å²) in [7, 11) is 0. The van der Waals surface area contributed by atoms with Crippen LogP contribution in [0, 0.1) is 11.6 Å². The van der Waals surface area contributed by atoms with Gasteiger partial charge in [0.15, 0.2) is 11.6 Å². The number of imide groups is 1. The zero-order valence-electron chi connectivity index (χ0n) is 14.7. The van der Waals surface area contributed by atoms with Gasteiger partial charge in [-0.05, 0) is 42.3 Å². The van der Waals surface area contributed by atoms with Crippen molar-refractivity contribution in [2.45, 2.75) is 32.4 Å². The van der Waals surface area contributed by atoms with Gasteiger partial charge in [-0.2, -0.15) is 0 Å². The molecule has 1 N–H and O–H groups in total. The smallest absolute Gasteiger partial charge is 0.251 e. The maximum Gasteiger partial charge on any atom is 0.251 e. The number of hydrogen-bond acceptors (Lipinski definition) is 3. The van der Waals surface area contributed by atoms with Gasteiger partial charge in [0.2, 0.25) is 11.8 Å². The first-order valence-corrected chi connectivity index (χ1v) is 8.53. The lowest BCUT2D eigenvalue weighted by Gasteiger charge is -2.16. The van der Waals surface area contributed by atoms with Crippen molar-refractivity contribution < 1.29 is 23.2 Å². The third kappa shape index (κ3) is 4.19. The molecule has 1 atom stereocenters. The van der Waals surface area contributed by atoms with Crippen molar-refractivity contribution in [1.29, 1.82) is 0 Å². The van der Waals surface area contributed by atoms with Crippen molar-refractivity contribution >= 4 is 17.7 Å². The van der Waals surface area contributed by atoms with Crippen LogP contribution in [0.15, 0.2) is 42.5 Å². The molecule has 0 radical (unpaired) electrons. The summed E-state index contributed by atoms with van der Waals surface area (Å²) in [6.07, 6.45) is 0.475. The Labute approximate surface area is 155 Å². The Morgan fingerprint density at radius 3 is 2.26 bits per heavy atom. The predicted octanol–water partition coefficient (Wildman–Crippen LogP) is 3.10. The standard InChI is InChI=1S/C20H18F2N2O3/c1-12(15-6-7-16(21)17(22)10-15)23-20(27)14-4-2-13(3-5-14)11-24-18(25)8-9-19(24)26/h2-7,10,12H,8-9,11H2,1H3,(H,23,27). The second-order valence-electron chi connectivity index (χ2n) is 6.44. The van der Waals surface area contributed by atoms with Gasteiger partial charge in [-0.15, -0.1) is 0 Å². The Morgan fingerprint density at radius 2 is 1.67 bits per heavy atom. The van der Waals surface area contributed by atoms with Gasteiger partial charge in [-0.1, -0.05) is 18.2 Å². The summed E-state index contributed by atoms with van der Waals surface area (Å²) in [5.74, 6) is -2.66. The largest absolute Gasteiger partial charge is 0.346 e. The third-order valence-corrected chi connectivity index (χ3v) is 4.50. The van der Waals surface area contributed by atoms with Crippen molar-refractivity contribution in [3.05, 3.63) is 70.8 Å². The Balaban J connectivity index is 1.64. The molecule has 0 aromatic heterocycles. The van der Waals surface area contributed by atoms with Crippen LogP contribution < -0.4 is 5.32 Å². The van der Waals surface area contributed by atoms with Gasteiger partial charge in [0.25, 0.3) is 5.91 Å². The van der Waals surface area contributed by atoms with Gasteiger partial charge >= 0.3 is 0 Å². The van der Waals surface area contributed by atoms with Gasteiger partial charge < -0.3 is 5.32 Å². The number of likely N-dealkylation sites (tertiary alicyclic amines) is 1. The van der Waals surface area contributed by atoms with E-state index in [4.69, 9.17) is 0 Å². The molecule has 1 saturated heterocycles. The lowest BCUT2D eigenvalue weighted by molar-refractivity contribution is -0.139. The summed E-state index contributed by atoms with van der Waals surface area (Å²) >= 11 is 0. The van der Waals surface area contributed by atoms with Crippen molar-refractivity contribution in [3.8, 4) is 0 Å². The number of nitrogens with one attached hydrogen (secondary N) is 1. The van der Waals surface area contributed by atoms with Crippen molar-refractivity contribution in [2.24, 2.45) is 0 Å². The Kier molecular flexibility index (Phi) is 5.30. The van der Waals surface area contributed by atoms with Crippen LogP contribution in [0.4, 0.5) is 8.78 Å². The molecule has 2 aromatic rings.